The van der Waals surface area contributed by atoms with Crippen LogP contribution < -0.4 is 5.32 Å². The highest BCUT2D eigenvalue weighted by atomic mass is 35.5. The molecule has 1 N–H and O–H groups in total. The minimum absolute atomic E-state index is 0.313. The van der Waals surface area contributed by atoms with Gasteiger partial charge in [0.2, 0.25) is 5.28 Å². The highest BCUT2D eigenvalue weighted by Crippen LogP contribution is 2.19. The predicted octanol–water partition coefficient (Wildman–Crippen LogP) is 2.33. The van der Waals surface area contributed by atoms with Gasteiger partial charge in [-0.05, 0) is 45.3 Å². The topological polar surface area (TPSA) is 41.0 Å². The van der Waals surface area contributed by atoms with E-state index in [1.54, 1.807) is 0 Å². The van der Waals surface area contributed by atoms with Crippen LogP contribution in [0.5, 0.6) is 0 Å². The molecule has 0 spiro atoms. The normalized spacial score (nSPS) is 25.9. The first-order valence-corrected chi connectivity index (χ1v) is 6.40. The van der Waals surface area contributed by atoms with E-state index in [0.29, 0.717) is 17.4 Å². The maximum Gasteiger partial charge on any atom is 0.224 e. The first kappa shape index (κ1) is 12.6. The van der Waals surface area contributed by atoms with Crippen molar-refractivity contribution in [2.75, 3.05) is 18.9 Å². The maximum atomic E-state index is 5.85. The van der Waals surface area contributed by atoms with E-state index in [9.17, 15) is 0 Å². The lowest BCUT2D eigenvalue weighted by molar-refractivity contribution is 0.190. The first-order valence-electron chi connectivity index (χ1n) is 6.02. The van der Waals surface area contributed by atoms with Crippen LogP contribution in [0.1, 0.15) is 25.5 Å². The van der Waals surface area contributed by atoms with Gasteiger partial charge < -0.3 is 10.2 Å². The van der Waals surface area contributed by atoms with Gasteiger partial charge in [-0.1, -0.05) is 0 Å². The molecule has 2 heterocycles. The van der Waals surface area contributed by atoms with E-state index < -0.39 is 0 Å². The Bertz CT molecular complexity index is 376. The van der Waals surface area contributed by atoms with Crippen molar-refractivity contribution >= 4 is 17.4 Å². The van der Waals surface area contributed by atoms with Gasteiger partial charge in [-0.2, -0.15) is 0 Å². The van der Waals surface area contributed by atoms with Crippen LogP contribution in [0.4, 0.5) is 5.82 Å². The summed E-state index contributed by atoms with van der Waals surface area (Å²) in [7, 11) is 2.17. The fourth-order valence-corrected chi connectivity index (χ4v) is 2.46. The van der Waals surface area contributed by atoms with E-state index in [-0.39, 0.29) is 0 Å². The first-order chi connectivity index (χ1) is 8.04. The van der Waals surface area contributed by atoms with E-state index in [2.05, 4.69) is 34.2 Å². The molecule has 0 amide bonds. The minimum Gasteiger partial charge on any atom is -0.367 e. The van der Waals surface area contributed by atoms with Crippen LogP contribution in [0.2, 0.25) is 5.28 Å². The Labute approximate surface area is 107 Å². The summed E-state index contributed by atoms with van der Waals surface area (Å²) in [5, 5.41) is 3.76. The van der Waals surface area contributed by atoms with Crippen molar-refractivity contribution in [1.82, 2.24) is 14.9 Å². The van der Waals surface area contributed by atoms with Crippen LogP contribution in [0.25, 0.3) is 0 Å². The van der Waals surface area contributed by atoms with Gasteiger partial charge in [0.25, 0.3) is 0 Å². The molecule has 1 aromatic heterocycles. The molecule has 4 nitrogen and oxygen atoms in total. The average molecular weight is 255 g/mol. The molecule has 1 aliphatic heterocycles. The lowest BCUT2D eigenvalue weighted by atomic mass is 9.99. The van der Waals surface area contributed by atoms with Crippen molar-refractivity contribution in [2.24, 2.45) is 0 Å². The summed E-state index contributed by atoms with van der Waals surface area (Å²) >= 11 is 5.85. The monoisotopic (exact) mass is 254 g/mol. The number of nitrogens with zero attached hydrogens (tertiary/aromatic N) is 3. The summed E-state index contributed by atoms with van der Waals surface area (Å²) in [4.78, 5) is 10.6. The van der Waals surface area contributed by atoms with Crippen molar-refractivity contribution < 1.29 is 0 Å². The number of anilines is 1. The Morgan fingerprint density at radius 1 is 1.47 bits per heavy atom. The van der Waals surface area contributed by atoms with E-state index in [1.807, 2.05) is 13.0 Å². The summed E-state index contributed by atoms with van der Waals surface area (Å²) in [5.74, 6) is 0.837. The van der Waals surface area contributed by atoms with Crippen molar-refractivity contribution in [1.29, 1.82) is 0 Å². The average Bonchev–Trinajstić information content (AvgIpc) is 2.22. The van der Waals surface area contributed by atoms with Crippen LogP contribution in [0, 0.1) is 6.92 Å². The summed E-state index contributed by atoms with van der Waals surface area (Å²) in [6.45, 7) is 5.30. The van der Waals surface area contributed by atoms with Crippen LogP contribution in [-0.4, -0.2) is 40.5 Å². The number of piperidine rings is 1. The van der Waals surface area contributed by atoms with Crippen LogP contribution in [0.15, 0.2) is 6.07 Å². The van der Waals surface area contributed by atoms with E-state index in [4.69, 9.17) is 11.6 Å². The molecule has 2 rings (SSSR count). The summed E-state index contributed by atoms with van der Waals surface area (Å²) < 4.78 is 0. The lowest BCUT2D eigenvalue weighted by Gasteiger charge is -2.35. The van der Waals surface area contributed by atoms with Crippen molar-refractivity contribution in [3.8, 4) is 0 Å². The molecule has 5 heteroatoms. The van der Waals surface area contributed by atoms with Gasteiger partial charge in [0, 0.05) is 30.4 Å². The largest absolute Gasteiger partial charge is 0.367 e. The van der Waals surface area contributed by atoms with Gasteiger partial charge in [-0.3, -0.25) is 0 Å². The molecule has 1 aromatic rings. The van der Waals surface area contributed by atoms with E-state index >= 15 is 0 Å². The Kier molecular flexibility index (Phi) is 3.84. The van der Waals surface area contributed by atoms with Crippen LogP contribution in [0.3, 0.4) is 0 Å². The maximum absolute atomic E-state index is 5.85. The number of aryl methyl sites for hydroxylation is 1. The molecule has 1 aliphatic rings. The number of rotatable bonds is 2. The van der Waals surface area contributed by atoms with Gasteiger partial charge in [0.15, 0.2) is 0 Å². The summed E-state index contributed by atoms with van der Waals surface area (Å²) in [6, 6.07) is 3.03. The van der Waals surface area contributed by atoms with Crippen molar-refractivity contribution in [3.63, 3.8) is 0 Å². The van der Waals surface area contributed by atoms with Crippen LogP contribution >= 0.6 is 11.6 Å². The number of likely N-dealkylation sites (tertiary alicyclic amines) is 1. The third-order valence-electron chi connectivity index (χ3n) is 3.39. The fraction of sp³-hybridized carbons (Fsp3) is 0.667. The Balaban J connectivity index is 2.01. The van der Waals surface area contributed by atoms with Gasteiger partial charge in [0.1, 0.15) is 5.82 Å². The number of hydrogen-bond acceptors (Lipinski definition) is 4. The molecule has 0 bridgehead atoms. The number of nitrogens with one attached hydrogen (secondary N) is 1. The highest BCUT2D eigenvalue weighted by molar-refractivity contribution is 6.28. The van der Waals surface area contributed by atoms with Gasteiger partial charge in [0.05, 0.1) is 0 Å². The van der Waals surface area contributed by atoms with Crippen molar-refractivity contribution in [2.45, 2.75) is 38.8 Å². The fourth-order valence-electron chi connectivity index (χ4n) is 2.24. The molecule has 0 aliphatic carbocycles. The third-order valence-corrected chi connectivity index (χ3v) is 3.56. The molecule has 17 heavy (non-hydrogen) atoms. The molecule has 1 saturated heterocycles. The second-order valence-electron chi connectivity index (χ2n) is 4.86. The zero-order valence-corrected chi connectivity index (χ0v) is 11.3. The molecular formula is C12H19ClN4. The molecule has 0 saturated carbocycles. The molecule has 0 radical (unpaired) electrons. The summed E-state index contributed by atoms with van der Waals surface area (Å²) in [5.41, 5.74) is 0.897. The van der Waals surface area contributed by atoms with Gasteiger partial charge >= 0.3 is 0 Å². The van der Waals surface area contributed by atoms with Crippen molar-refractivity contribution in [3.05, 3.63) is 17.0 Å². The molecule has 2 atom stereocenters. The summed E-state index contributed by atoms with van der Waals surface area (Å²) in [6.07, 6.45) is 2.28. The molecule has 94 valence electrons. The number of hydrogen-bond donors (Lipinski definition) is 1. The molecule has 2 unspecified atom stereocenters. The number of halogens is 1. The molecule has 0 aromatic carbocycles. The quantitative estimate of drug-likeness (QED) is 0.823. The lowest BCUT2D eigenvalue weighted by Crippen LogP contribution is -2.42. The second-order valence-corrected chi connectivity index (χ2v) is 5.20. The third kappa shape index (κ3) is 3.30. The van der Waals surface area contributed by atoms with Gasteiger partial charge in [-0.15, -0.1) is 0 Å². The zero-order valence-electron chi connectivity index (χ0n) is 10.6. The Morgan fingerprint density at radius 3 is 2.88 bits per heavy atom. The standard InChI is InChI=1S/C12H19ClN4/c1-8-6-11(16-12(13)14-8)15-10-4-5-17(3)9(2)7-10/h6,9-10H,4-5,7H2,1-3H3,(H,14,15,16). The zero-order chi connectivity index (χ0) is 12.4. The Hall–Kier alpha value is -0.870. The Morgan fingerprint density at radius 2 is 2.24 bits per heavy atom. The molecule has 1 fully saturated rings. The smallest absolute Gasteiger partial charge is 0.224 e. The second kappa shape index (κ2) is 5.19. The van der Waals surface area contributed by atoms with Crippen LogP contribution in [-0.2, 0) is 0 Å². The number of aromatic nitrogens is 2. The highest BCUT2D eigenvalue weighted by Gasteiger charge is 2.22. The SMILES string of the molecule is Cc1cc(NC2CCN(C)C(C)C2)nc(Cl)n1. The van der Waals surface area contributed by atoms with E-state index in [0.717, 1.165) is 30.9 Å². The predicted molar refractivity (Wildman–Crippen MR) is 70.5 cm³/mol. The molecular weight excluding hydrogens is 236 g/mol. The minimum atomic E-state index is 0.313. The van der Waals surface area contributed by atoms with E-state index in [1.165, 1.54) is 0 Å². The van der Waals surface area contributed by atoms with Gasteiger partial charge in [-0.25, -0.2) is 9.97 Å².